The molecule has 1 fully saturated rings. The molecular formula is C19H19ClN4O3. The van der Waals surface area contributed by atoms with Crippen LogP contribution in [0.1, 0.15) is 35.0 Å². The van der Waals surface area contributed by atoms with Gasteiger partial charge in [0.1, 0.15) is 5.76 Å². The Hall–Kier alpha value is -2.64. The van der Waals surface area contributed by atoms with E-state index in [0.717, 1.165) is 25.4 Å². The number of halogens is 1. The summed E-state index contributed by atoms with van der Waals surface area (Å²) in [5.41, 5.74) is 0.679. The van der Waals surface area contributed by atoms with Gasteiger partial charge in [0.05, 0.1) is 18.1 Å². The molecule has 7 nitrogen and oxygen atoms in total. The van der Waals surface area contributed by atoms with Crippen molar-refractivity contribution in [2.45, 2.75) is 25.9 Å². The highest BCUT2D eigenvalue weighted by Crippen LogP contribution is 2.24. The van der Waals surface area contributed by atoms with Crippen LogP contribution >= 0.6 is 11.6 Å². The molecule has 1 saturated heterocycles. The van der Waals surface area contributed by atoms with Gasteiger partial charge in [0.25, 0.3) is 5.91 Å². The van der Waals surface area contributed by atoms with Gasteiger partial charge in [0.2, 0.25) is 11.7 Å². The van der Waals surface area contributed by atoms with Crippen molar-refractivity contribution in [2.75, 3.05) is 13.1 Å². The van der Waals surface area contributed by atoms with E-state index in [1.165, 1.54) is 12.8 Å². The minimum Gasteiger partial charge on any atom is -0.455 e. The van der Waals surface area contributed by atoms with E-state index in [0.29, 0.717) is 22.3 Å². The van der Waals surface area contributed by atoms with Crippen molar-refractivity contribution >= 4 is 17.5 Å². The first-order valence-electron chi connectivity index (χ1n) is 8.86. The molecule has 0 spiro atoms. The van der Waals surface area contributed by atoms with Crippen LogP contribution in [-0.2, 0) is 13.1 Å². The lowest BCUT2D eigenvalue weighted by Gasteiger charge is -2.11. The number of likely N-dealkylation sites (tertiary alicyclic amines) is 1. The highest BCUT2D eigenvalue weighted by atomic mass is 35.5. The van der Waals surface area contributed by atoms with Gasteiger partial charge < -0.3 is 14.3 Å². The number of hydrogen-bond donors (Lipinski definition) is 1. The zero-order valence-electron chi connectivity index (χ0n) is 14.7. The number of hydrogen-bond acceptors (Lipinski definition) is 6. The van der Waals surface area contributed by atoms with Crippen molar-refractivity contribution in [3.05, 3.63) is 58.8 Å². The average Bonchev–Trinajstić information content (AvgIpc) is 3.43. The van der Waals surface area contributed by atoms with Gasteiger partial charge in [-0.2, -0.15) is 4.98 Å². The number of carbonyl (C=O) groups is 1. The van der Waals surface area contributed by atoms with E-state index in [9.17, 15) is 4.79 Å². The Kier molecular flexibility index (Phi) is 5.22. The van der Waals surface area contributed by atoms with Gasteiger partial charge in [-0.05, 0) is 50.2 Å². The van der Waals surface area contributed by atoms with Crippen LogP contribution in [0.3, 0.4) is 0 Å². The van der Waals surface area contributed by atoms with Gasteiger partial charge in [0.15, 0.2) is 5.76 Å². The highest BCUT2D eigenvalue weighted by molar-refractivity contribution is 6.33. The summed E-state index contributed by atoms with van der Waals surface area (Å²) in [4.78, 5) is 18.9. The number of carbonyl (C=O) groups excluding carboxylic acids is 1. The number of benzene rings is 1. The molecule has 27 heavy (non-hydrogen) atoms. The third kappa shape index (κ3) is 4.20. The Morgan fingerprint density at radius 3 is 2.81 bits per heavy atom. The van der Waals surface area contributed by atoms with Crippen molar-refractivity contribution in [3.8, 4) is 11.4 Å². The number of nitrogens with zero attached hydrogens (tertiary/aromatic N) is 3. The van der Waals surface area contributed by atoms with Crippen molar-refractivity contribution < 1.29 is 13.7 Å². The van der Waals surface area contributed by atoms with E-state index in [1.54, 1.807) is 18.2 Å². The first-order valence-corrected chi connectivity index (χ1v) is 9.23. The molecule has 8 heteroatoms. The number of aromatic nitrogens is 2. The lowest BCUT2D eigenvalue weighted by molar-refractivity contribution is 0.0915. The lowest BCUT2D eigenvalue weighted by atomic mass is 10.2. The minimum absolute atomic E-state index is 0.110. The number of furan rings is 1. The van der Waals surface area contributed by atoms with Gasteiger partial charge in [0, 0.05) is 5.56 Å². The fourth-order valence-electron chi connectivity index (χ4n) is 3.07. The normalized spacial score (nSPS) is 14.6. The maximum Gasteiger partial charge on any atom is 0.287 e. The van der Waals surface area contributed by atoms with Crippen molar-refractivity contribution in [1.82, 2.24) is 20.4 Å². The second-order valence-electron chi connectivity index (χ2n) is 6.42. The molecule has 0 unspecified atom stereocenters. The summed E-state index contributed by atoms with van der Waals surface area (Å²) in [6.07, 6.45) is 2.43. The average molecular weight is 387 g/mol. The van der Waals surface area contributed by atoms with E-state index in [2.05, 4.69) is 20.4 Å². The monoisotopic (exact) mass is 386 g/mol. The van der Waals surface area contributed by atoms with Crippen LogP contribution in [0.15, 0.2) is 45.3 Å². The second-order valence-corrected chi connectivity index (χ2v) is 6.83. The summed E-state index contributed by atoms with van der Waals surface area (Å²) in [6, 6.07) is 10.8. The summed E-state index contributed by atoms with van der Waals surface area (Å²) in [5.74, 6) is 1.42. The van der Waals surface area contributed by atoms with Gasteiger partial charge in [-0.15, -0.1) is 0 Å². The Morgan fingerprint density at radius 1 is 1.19 bits per heavy atom. The van der Waals surface area contributed by atoms with E-state index in [1.807, 2.05) is 18.2 Å². The minimum atomic E-state index is -0.319. The molecule has 140 valence electrons. The van der Waals surface area contributed by atoms with Gasteiger partial charge in [-0.25, -0.2) is 0 Å². The predicted octanol–water partition coefficient (Wildman–Crippen LogP) is 3.51. The maximum absolute atomic E-state index is 12.3. The summed E-state index contributed by atoms with van der Waals surface area (Å²) in [6.45, 7) is 3.00. The summed E-state index contributed by atoms with van der Waals surface area (Å²) in [7, 11) is 0. The van der Waals surface area contributed by atoms with E-state index < -0.39 is 0 Å². The first kappa shape index (κ1) is 17.8. The maximum atomic E-state index is 12.3. The molecule has 1 aromatic carbocycles. The van der Waals surface area contributed by atoms with Crippen LogP contribution in [-0.4, -0.2) is 34.0 Å². The highest BCUT2D eigenvalue weighted by Gasteiger charge is 2.17. The van der Waals surface area contributed by atoms with Gasteiger partial charge in [-0.1, -0.05) is 28.9 Å². The molecule has 0 atom stereocenters. The Labute approximate surface area is 161 Å². The van der Waals surface area contributed by atoms with Gasteiger partial charge in [-0.3, -0.25) is 9.69 Å². The molecular weight excluding hydrogens is 368 g/mol. The number of rotatable bonds is 6. The molecule has 3 heterocycles. The van der Waals surface area contributed by atoms with Crippen LogP contribution in [0.2, 0.25) is 5.02 Å². The van der Waals surface area contributed by atoms with Crippen LogP contribution in [0.5, 0.6) is 0 Å². The summed E-state index contributed by atoms with van der Waals surface area (Å²) in [5, 5.41) is 7.17. The molecule has 3 aromatic rings. The number of amides is 1. The van der Waals surface area contributed by atoms with Crippen molar-refractivity contribution in [1.29, 1.82) is 0 Å². The number of nitrogens with one attached hydrogen (secondary N) is 1. The molecule has 1 aliphatic heterocycles. The largest absolute Gasteiger partial charge is 0.455 e. The molecule has 0 radical (unpaired) electrons. The van der Waals surface area contributed by atoms with E-state index in [-0.39, 0.29) is 18.2 Å². The molecule has 4 rings (SSSR count). The third-order valence-corrected chi connectivity index (χ3v) is 4.78. The van der Waals surface area contributed by atoms with Crippen molar-refractivity contribution in [3.63, 3.8) is 0 Å². The van der Waals surface area contributed by atoms with E-state index >= 15 is 0 Å². The predicted molar refractivity (Wildman–Crippen MR) is 99.1 cm³/mol. The zero-order valence-corrected chi connectivity index (χ0v) is 15.4. The zero-order chi connectivity index (χ0) is 18.6. The third-order valence-electron chi connectivity index (χ3n) is 4.45. The lowest BCUT2D eigenvalue weighted by Crippen LogP contribution is -2.22. The Balaban J connectivity index is 1.34. The van der Waals surface area contributed by atoms with Crippen LogP contribution in [0.25, 0.3) is 11.4 Å². The quantitative estimate of drug-likeness (QED) is 0.697. The van der Waals surface area contributed by atoms with E-state index in [4.69, 9.17) is 20.5 Å². The van der Waals surface area contributed by atoms with Crippen molar-refractivity contribution in [2.24, 2.45) is 0 Å². The molecule has 1 aliphatic rings. The molecule has 1 amide bonds. The standard InChI is InChI=1S/C19H19ClN4O3/c20-15-6-2-1-5-14(15)18-22-17(27-23-18)11-21-19(25)16-8-7-13(26-16)12-24-9-3-4-10-24/h1-2,5-8H,3-4,9-12H2,(H,21,25). The first-order chi connectivity index (χ1) is 13.2. The fraction of sp³-hybridized carbons (Fsp3) is 0.316. The molecule has 2 aromatic heterocycles. The molecule has 0 aliphatic carbocycles. The van der Waals surface area contributed by atoms with Crippen LogP contribution < -0.4 is 5.32 Å². The SMILES string of the molecule is O=C(NCc1nc(-c2ccccc2Cl)no1)c1ccc(CN2CCCC2)o1. The Bertz CT molecular complexity index is 930. The second kappa shape index (κ2) is 7.94. The summed E-state index contributed by atoms with van der Waals surface area (Å²) < 4.78 is 10.8. The smallest absolute Gasteiger partial charge is 0.287 e. The van der Waals surface area contributed by atoms with Crippen LogP contribution in [0, 0.1) is 0 Å². The topological polar surface area (TPSA) is 84.4 Å². The van der Waals surface area contributed by atoms with Crippen LogP contribution in [0.4, 0.5) is 0 Å². The molecule has 1 N–H and O–H groups in total. The van der Waals surface area contributed by atoms with Gasteiger partial charge >= 0.3 is 0 Å². The Morgan fingerprint density at radius 2 is 2.00 bits per heavy atom. The molecule has 0 bridgehead atoms. The fourth-order valence-corrected chi connectivity index (χ4v) is 3.29. The molecule has 0 saturated carbocycles. The summed E-state index contributed by atoms with van der Waals surface area (Å²) >= 11 is 6.13.